The first-order valence-corrected chi connectivity index (χ1v) is 7.66. The predicted octanol–water partition coefficient (Wildman–Crippen LogP) is 3.46. The SMILES string of the molecule is CC(=O)O/C(=C/C=C\C=C=O)CCCCCCCCCN. The summed E-state index contributed by atoms with van der Waals surface area (Å²) in [5.41, 5.74) is 5.45. The van der Waals surface area contributed by atoms with Gasteiger partial charge >= 0.3 is 5.97 Å². The van der Waals surface area contributed by atoms with Crippen molar-refractivity contribution in [1.82, 2.24) is 0 Å². The number of carbonyl (C=O) groups is 1. The molecule has 0 saturated carbocycles. The van der Waals surface area contributed by atoms with E-state index < -0.39 is 0 Å². The highest BCUT2D eigenvalue weighted by atomic mass is 16.5. The van der Waals surface area contributed by atoms with Gasteiger partial charge in [-0.25, -0.2) is 4.79 Å². The second kappa shape index (κ2) is 14.8. The fraction of sp³-hybridized carbons (Fsp3) is 0.588. The topological polar surface area (TPSA) is 69.4 Å². The zero-order valence-electron chi connectivity index (χ0n) is 13.0. The first-order chi connectivity index (χ1) is 10.2. The smallest absolute Gasteiger partial charge is 0.307 e. The zero-order valence-corrected chi connectivity index (χ0v) is 13.0. The number of hydrogen-bond donors (Lipinski definition) is 1. The molecule has 0 heterocycles. The van der Waals surface area contributed by atoms with Gasteiger partial charge in [-0.3, -0.25) is 4.79 Å². The monoisotopic (exact) mass is 293 g/mol. The van der Waals surface area contributed by atoms with Crippen LogP contribution in [0.25, 0.3) is 0 Å². The first-order valence-electron chi connectivity index (χ1n) is 7.66. The summed E-state index contributed by atoms with van der Waals surface area (Å²) in [4.78, 5) is 21.0. The van der Waals surface area contributed by atoms with Crippen molar-refractivity contribution >= 4 is 11.9 Å². The van der Waals surface area contributed by atoms with Crippen molar-refractivity contribution in [2.24, 2.45) is 5.73 Å². The van der Waals surface area contributed by atoms with Crippen molar-refractivity contribution in [2.45, 2.75) is 58.3 Å². The highest BCUT2D eigenvalue weighted by Crippen LogP contribution is 2.13. The third kappa shape index (κ3) is 14.6. The summed E-state index contributed by atoms with van der Waals surface area (Å²) in [6, 6.07) is 0. The highest BCUT2D eigenvalue weighted by Gasteiger charge is 2.01. The number of unbranched alkanes of at least 4 members (excludes halogenated alkanes) is 6. The molecule has 0 radical (unpaired) electrons. The van der Waals surface area contributed by atoms with Crippen LogP contribution in [0.2, 0.25) is 0 Å². The number of allylic oxidation sites excluding steroid dienone is 5. The van der Waals surface area contributed by atoms with Gasteiger partial charge in [-0.15, -0.1) is 0 Å². The van der Waals surface area contributed by atoms with Gasteiger partial charge in [-0.05, 0) is 25.5 Å². The maximum Gasteiger partial charge on any atom is 0.307 e. The van der Waals surface area contributed by atoms with E-state index in [0.717, 1.165) is 32.2 Å². The summed E-state index contributed by atoms with van der Waals surface area (Å²) in [6.45, 7) is 2.17. The Morgan fingerprint density at radius 3 is 2.24 bits per heavy atom. The molecule has 0 atom stereocenters. The van der Waals surface area contributed by atoms with E-state index in [0.29, 0.717) is 5.76 Å². The van der Waals surface area contributed by atoms with Gasteiger partial charge in [0.1, 0.15) is 11.7 Å². The number of carbonyl (C=O) groups excluding carboxylic acids is 2. The molecule has 0 aromatic rings. The van der Waals surface area contributed by atoms with Crippen molar-refractivity contribution in [3.05, 3.63) is 30.1 Å². The van der Waals surface area contributed by atoms with Gasteiger partial charge in [0.05, 0.1) is 0 Å². The minimum Gasteiger partial charge on any atom is -0.431 e. The number of rotatable bonds is 12. The van der Waals surface area contributed by atoms with Crippen molar-refractivity contribution < 1.29 is 14.3 Å². The zero-order chi connectivity index (χ0) is 15.8. The van der Waals surface area contributed by atoms with Crippen LogP contribution in [0.1, 0.15) is 58.3 Å². The van der Waals surface area contributed by atoms with Crippen LogP contribution in [-0.2, 0) is 14.3 Å². The lowest BCUT2D eigenvalue weighted by atomic mass is 10.1. The van der Waals surface area contributed by atoms with Crippen LogP contribution in [0.5, 0.6) is 0 Å². The molecule has 0 aliphatic rings. The largest absolute Gasteiger partial charge is 0.431 e. The standard InChI is InChI=1S/C17H27NO3/c1-16(20)21-17(13-9-7-11-15-19)12-8-5-3-2-4-6-10-14-18/h7,9,11,13H,2-6,8,10,12,14,18H2,1H3/b9-7-,17-13+. The molecular weight excluding hydrogens is 266 g/mol. The van der Waals surface area contributed by atoms with Crippen LogP contribution in [0, 0.1) is 0 Å². The lowest BCUT2D eigenvalue weighted by molar-refractivity contribution is -0.137. The van der Waals surface area contributed by atoms with E-state index in [-0.39, 0.29) is 5.97 Å². The van der Waals surface area contributed by atoms with Crippen LogP contribution < -0.4 is 5.73 Å². The molecular formula is C17H27NO3. The lowest BCUT2D eigenvalue weighted by Crippen LogP contribution is -1.99. The van der Waals surface area contributed by atoms with E-state index in [9.17, 15) is 9.59 Å². The predicted molar refractivity (Wildman–Crippen MR) is 85.2 cm³/mol. The summed E-state index contributed by atoms with van der Waals surface area (Å²) in [6.07, 6.45) is 15.1. The third-order valence-electron chi connectivity index (χ3n) is 2.96. The summed E-state index contributed by atoms with van der Waals surface area (Å²) in [7, 11) is 0. The molecule has 0 aromatic heterocycles. The van der Waals surface area contributed by atoms with Crippen LogP contribution in [0.4, 0.5) is 0 Å². The summed E-state index contributed by atoms with van der Waals surface area (Å²) >= 11 is 0. The second-order valence-electron chi connectivity index (χ2n) is 4.91. The van der Waals surface area contributed by atoms with E-state index in [4.69, 9.17) is 10.5 Å². The summed E-state index contributed by atoms with van der Waals surface area (Å²) in [5.74, 6) is 1.98. The highest BCUT2D eigenvalue weighted by molar-refractivity contribution is 5.67. The van der Waals surface area contributed by atoms with Crippen molar-refractivity contribution in [1.29, 1.82) is 0 Å². The molecule has 0 bridgehead atoms. The summed E-state index contributed by atoms with van der Waals surface area (Å²) in [5, 5.41) is 0. The van der Waals surface area contributed by atoms with Gasteiger partial charge in [0.15, 0.2) is 0 Å². The van der Waals surface area contributed by atoms with Crippen molar-refractivity contribution in [2.75, 3.05) is 6.54 Å². The molecule has 0 saturated heterocycles. The van der Waals surface area contributed by atoms with Crippen molar-refractivity contribution in [3.8, 4) is 0 Å². The van der Waals surface area contributed by atoms with E-state index in [1.54, 1.807) is 24.2 Å². The Balaban J connectivity index is 3.91. The molecule has 4 heteroatoms. The third-order valence-corrected chi connectivity index (χ3v) is 2.96. The van der Waals surface area contributed by atoms with Crippen LogP contribution in [0.3, 0.4) is 0 Å². The Labute approximate surface area is 127 Å². The number of esters is 1. The number of hydrogen-bond acceptors (Lipinski definition) is 4. The normalized spacial score (nSPS) is 11.4. The second-order valence-corrected chi connectivity index (χ2v) is 4.91. The Hall–Kier alpha value is -1.64. The average molecular weight is 293 g/mol. The van der Waals surface area contributed by atoms with Crippen LogP contribution in [0.15, 0.2) is 30.1 Å². The van der Waals surface area contributed by atoms with E-state index >= 15 is 0 Å². The molecule has 0 spiro atoms. The molecule has 118 valence electrons. The minimum atomic E-state index is -0.317. The number of nitrogens with two attached hydrogens (primary N) is 1. The molecule has 2 N–H and O–H groups in total. The molecule has 0 rings (SSSR count). The minimum absolute atomic E-state index is 0.317. The van der Waals surface area contributed by atoms with E-state index in [1.807, 2.05) is 0 Å². The summed E-state index contributed by atoms with van der Waals surface area (Å²) < 4.78 is 5.13. The van der Waals surface area contributed by atoms with Crippen LogP contribution >= 0.6 is 0 Å². The van der Waals surface area contributed by atoms with Crippen molar-refractivity contribution in [3.63, 3.8) is 0 Å². The average Bonchev–Trinajstić information content (AvgIpc) is 2.45. The van der Waals surface area contributed by atoms with Gasteiger partial charge in [0, 0.05) is 19.4 Å². The number of ether oxygens (including phenoxy) is 1. The Bertz CT molecular complexity index is 379. The van der Waals surface area contributed by atoms with Gasteiger partial charge in [0.2, 0.25) is 0 Å². The van der Waals surface area contributed by atoms with Gasteiger partial charge in [-0.2, -0.15) is 0 Å². The molecule has 0 unspecified atom stereocenters. The van der Waals surface area contributed by atoms with Gasteiger partial charge < -0.3 is 10.5 Å². The molecule has 0 aromatic carbocycles. The fourth-order valence-electron chi connectivity index (χ4n) is 1.94. The Kier molecular flexibility index (Phi) is 13.6. The first kappa shape index (κ1) is 19.4. The molecule has 21 heavy (non-hydrogen) atoms. The lowest BCUT2D eigenvalue weighted by Gasteiger charge is -2.06. The quantitative estimate of drug-likeness (QED) is 0.197. The molecule has 4 nitrogen and oxygen atoms in total. The Morgan fingerprint density at radius 2 is 1.67 bits per heavy atom. The van der Waals surface area contributed by atoms with Gasteiger partial charge in [0.25, 0.3) is 0 Å². The molecule has 0 aliphatic carbocycles. The fourth-order valence-corrected chi connectivity index (χ4v) is 1.94. The van der Waals surface area contributed by atoms with Crippen LogP contribution in [-0.4, -0.2) is 18.5 Å². The van der Waals surface area contributed by atoms with Gasteiger partial charge in [-0.1, -0.05) is 44.3 Å². The van der Waals surface area contributed by atoms with E-state index in [2.05, 4.69) is 0 Å². The van der Waals surface area contributed by atoms with E-state index in [1.165, 1.54) is 38.7 Å². The maximum absolute atomic E-state index is 11.0. The maximum atomic E-state index is 11.0. The molecule has 0 aliphatic heterocycles. The Morgan fingerprint density at radius 1 is 1.05 bits per heavy atom. The molecule has 0 fully saturated rings. The molecule has 0 amide bonds.